The highest BCUT2D eigenvalue weighted by Crippen LogP contribution is 2.43. The third-order valence-electron chi connectivity index (χ3n) is 5.87. The monoisotopic (exact) mass is 554 g/mol. The Morgan fingerprint density at radius 2 is 1.05 bits per heavy atom. The molecule has 0 bridgehead atoms. The van der Waals surface area contributed by atoms with Gasteiger partial charge in [-0.15, -0.1) is 0 Å². The lowest BCUT2D eigenvalue weighted by molar-refractivity contribution is -0.153. The van der Waals surface area contributed by atoms with Gasteiger partial charge in [0.05, 0.1) is 26.4 Å². The molecular formula is C26H51O10P. The van der Waals surface area contributed by atoms with E-state index in [-0.39, 0.29) is 6.42 Å². The summed E-state index contributed by atoms with van der Waals surface area (Å²) in [6, 6.07) is 0. The van der Waals surface area contributed by atoms with Crippen LogP contribution < -0.4 is 0 Å². The first-order valence-electron chi connectivity index (χ1n) is 13.9. The minimum absolute atomic E-state index is 0.197. The lowest BCUT2D eigenvalue weighted by Crippen LogP contribution is -2.28. The molecule has 3 unspecified atom stereocenters. The molecule has 0 aliphatic carbocycles. The highest BCUT2D eigenvalue weighted by atomic mass is 31.2. The number of esters is 2. The molecule has 3 N–H and O–H groups in total. The topological polar surface area (TPSA) is 149 Å². The van der Waals surface area contributed by atoms with Gasteiger partial charge in [0, 0.05) is 13.3 Å². The summed E-state index contributed by atoms with van der Waals surface area (Å²) in [5, 5.41) is 18.4. The molecule has 0 rings (SSSR count). The van der Waals surface area contributed by atoms with Crippen LogP contribution in [0.1, 0.15) is 117 Å². The molecule has 3 atom stereocenters. The molecule has 0 aromatic rings. The molecule has 0 aliphatic heterocycles. The van der Waals surface area contributed by atoms with Crippen molar-refractivity contribution in [2.75, 3.05) is 26.4 Å². The van der Waals surface area contributed by atoms with E-state index >= 15 is 0 Å². The number of aliphatic hydroxyl groups excluding tert-OH is 2. The summed E-state index contributed by atoms with van der Waals surface area (Å²) in [4.78, 5) is 32.6. The lowest BCUT2D eigenvalue weighted by Gasteiger charge is -2.20. The fourth-order valence-corrected chi connectivity index (χ4v) is 4.54. The van der Waals surface area contributed by atoms with Crippen LogP contribution in [0.3, 0.4) is 0 Å². The van der Waals surface area contributed by atoms with Crippen molar-refractivity contribution in [3.8, 4) is 0 Å². The highest BCUT2D eigenvalue weighted by Gasteiger charge is 2.27. The summed E-state index contributed by atoms with van der Waals surface area (Å²) in [5.41, 5.74) is 0. The molecule has 0 spiro atoms. The average Bonchev–Trinajstić information content (AvgIpc) is 2.86. The first-order valence-corrected chi connectivity index (χ1v) is 15.4. The van der Waals surface area contributed by atoms with Gasteiger partial charge in [-0.2, -0.15) is 0 Å². The Kier molecular flexibility index (Phi) is 23.4. The third-order valence-corrected chi connectivity index (χ3v) is 6.82. The van der Waals surface area contributed by atoms with Gasteiger partial charge >= 0.3 is 19.8 Å². The third kappa shape index (κ3) is 23.8. The molecule has 0 aromatic carbocycles. The SMILES string of the molecule is CCCCCCCCCCCCCCCCCC(=O)OC(CO)COP(=O)(O)OCC(CO)OC(C)=O. The van der Waals surface area contributed by atoms with Gasteiger partial charge in [0.15, 0.2) is 0 Å². The predicted octanol–water partition coefficient (Wildman–Crippen LogP) is 5.21. The fraction of sp³-hybridized carbons (Fsp3) is 0.923. The van der Waals surface area contributed by atoms with Crippen molar-refractivity contribution in [3.05, 3.63) is 0 Å². The normalized spacial score (nSPS) is 14.6. The number of carbonyl (C=O) groups excluding carboxylic acids is 2. The van der Waals surface area contributed by atoms with E-state index in [0.29, 0.717) is 6.42 Å². The summed E-state index contributed by atoms with van der Waals surface area (Å²) in [6.07, 6.45) is 16.4. The number of carbonyl (C=O) groups is 2. The summed E-state index contributed by atoms with van der Waals surface area (Å²) in [5.74, 6) is -1.20. The fourth-order valence-electron chi connectivity index (χ4n) is 3.76. The van der Waals surface area contributed by atoms with E-state index in [1.54, 1.807) is 0 Å². The predicted molar refractivity (Wildman–Crippen MR) is 141 cm³/mol. The molecule has 10 nitrogen and oxygen atoms in total. The number of unbranched alkanes of at least 4 members (excludes halogenated alkanes) is 14. The quantitative estimate of drug-likeness (QED) is 0.0739. The van der Waals surface area contributed by atoms with Crippen molar-refractivity contribution in [1.82, 2.24) is 0 Å². The van der Waals surface area contributed by atoms with Crippen molar-refractivity contribution < 1.29 is 47.8 Å². The minimum atomic E-state index is -4.57. The standard InChI is InChI=1S/C26H51O10P/c1-3-4-5-6-7-8-9-10-11-12-13-14-15-16-17-18-26(30)36-25(20-28)22-34-37(31,32)33-21-24(19-27)35-23(2)29/h24-25,27-28H,3-22H2,1-2H3,(H,31,32). The first kappa shape index (κ1) is 36.0. The molecule has 37 heavy (non-hydrogen) atoms. The second-order valence-electron chi connectivity index (χ2n) is 9.47. The molecule has 0 aromatic heterocycles. The van der Waals surface area contributed by atoms with Gasteiger partial charge in [-0.05, 0) is 6.42 Å². The molecule has 0 saturated carbocycles. The average molecular weight is 555 g/mol. The number of hydrogen-bond donors (Lipinski definition) is 3. The van der Waals surface area contributed by atoms with E-state index in [0.717, 1.165) is 26.2 Å². The maximum absolute atomic E-state index is 12.0. The van der Waals surface area contributed by atoms with E-state index in [9.17, 15) is 24.2 Å². The van der Waals surface area contributed by atoms with Gasteiger partial charge in [-0.1, -0.05) is 96.8 Å². The number of phosphoric ester groups is 1. The van der Waals surface area contributed by atoms with Gasteiger partial charge in [0.1, 0.15) is 12.2 Å². The summed E-state index contributed by atoms with van der Waals surface area (Å²) >= 11 is 0. The van der Waals surface area contributed by atoms with Crippen LogP contribution in [0, 0.1) is 0 Å². The summed E-state index contributed by atoms with van der Waals surface area (Å²) in [6.45, 7) is 1.07. The number of aliphatic hydroxyl groups is 2. The van der Waals surface area contributed by atoms with Crippen LogP contribution in [0.5, 0.6) is 0 Å². The lowest BCUT2D eigenvalue weighted by atomic mass is 10.0. The van der Waals surface area contributed by atoms with E-state index in [2.05, 4.69) is 16.2 Å². The van der Waals surface area contributed by atoms with Crippen LogP contribution in [0.2, 0.25) is 0 Å². The van der Waals surface area contributed by atoms with Crippen LogP contribution in [-0.2, 0) is 32.7 Å². The van der Waals surface area contributed by atoms with Gasteiger partial charge in [0.2, 0.25) is 0 Å². The van der Waals surface area contributed by atoms with Gasteiger partial charge in [-0.25, -0.2) is 4.57 Å². The van der Waals surface area contributed by atoms with E-state index in [1.807, 2.05) is 0 Å². The minimum Gasteiger partial charge on any atom is -0.458 e. The van der Waals surface area contributed by atoms with Gasteiger partial charge in [0.25, 0.3) is 0 Å². The van der Waals surface area contributed by atoms with Gasteiger partial charge in [-0.3, -0.25) is 18.6 Å². The van der Waals surface area contributed by atoms with Crippen LogP contribution >= 0.6 is 7.82 Å². The molecule has 220 valence electrons. The van der Waals surface area contributed by atoms with E-state index in [1.165, 1.54) is 70.6 Å². The Morgan fingerprint density at radius 3 is 1.43 bits per heavy atom. The first-order chi connectivity index (χ1) is 17.7. The Bertz CT molecular complexity index is 616. The van der Waals surface area contributed by atoms with Crippen molar-refractivity contribution in [1.29, 1.82) is 0 Å². The highest BCUT2D eigenvalue weighted by molar-refractivity contribution is 7.47. The molecule has 11 heteroatoms. The van der Waals surface area contributed by atoms with E-state index < -0.39 is 58.4 Å². The van der Waals surface area contributed by atoms with E-state index in [4.69, 9.17) is 14.4 Å². The Morgan fingerprint density at radius 1 is 0.676 bits per heavy atom. The van der Waals surface area contributed by atoms with Crippen molar-refractivity contribution in [3.63, 3.8) is 0 Å². The zero-order valence-corrected chi connectivity index (χ0v) is 23.8. The maximum atomic E-state index is 12.0. The van der Waals surface area contributed by atoms with Gasteiger partial charge < -0.3 is 24.6 Å². The molecule has 0 fully saturated rings. The molecular weight excluding hydrogens is 503 g/mol. The molecule has 0 aliphatic rings. The van der Waals surface area contributed by atoms with Crippen molar-refractivity contribution in [2.24, 2.45) is 0 Å². The Balaban J connectivity index is 3.79. The number of ether oxygens (including phenoxy) is 2. The zero-order chi connectivity index (χ0) is 27.8. The molecule has 0 saturated heterocycles. The maximum Gasteiger partial charge on any atom is 0.472 e. The summed E-state index contributed by atoms with van der Waals surface area (Å²) < 4.78 is 31.1. The Labute approximate surface area is 223 Å². The number of phosphoric acid groups is 1. The molecule has 0 radical (unpaired) electrons. The smallest absolute Gasteiger partial charge is 0.458 e. The second kappa shape index (κ2) is 24.0. The largest absolute Gasteiger partial charge is 0.472 e. The Hall–Kier alpha value is -1.03. The van der Waals surface area contributed by atoms with Crippen molar-refractivity contribution in [2.45, 2.75) is 129 Å². The van der Waals surface area contributed by atoms with Crippen molar-refractivity contribution >= 4 is 19.8 Å². The second-order valence-corrected chi connectivity index (χ2v) is 10.9. The number of hydrogen-bond acceptors (Lipinski definition) is 9. The molecule has 0 amide bonds. The summed E-state index contributed by atoms with van der Waals surface area (Å²) in [7, 11) is -4.57. The van der Waals surface area contributed by atoms with Crippen LogP contribution in [0.25, 0.3) is 0 Å². The van der Waals surface area contributed by atoms with Crippen LogP contribution in [0.15, 0.2) is 0 Å². The number of rotatable bonds is 26. The molecule has 0 heterocycles. The van der Waals surface area contributed by atoms with Crippen LogP contribution in [0.4, 0.5) is 0 Å². The van der Waals surface area contributed by atoms with Crippen LogP contribution in [-0.4, -0.2) is 65.7 Å². The zero-order valence-electron chi connectivity index (χ0n) is 22.9.